The normalized spacial score (nSPS) is 12.1. The van der Waals surface area contributed by atoms with Gasteiger partial charge >= 0.3 is 0 Å². The van der Waals surface area contributed by atoms with Crippen LogP contribution in [-0.4, -0.2) is 57.5 Å². The molecule has 1 N–H and O–H groups in total. The van der Waals surface area contributed by atoms with E-state index in [-0.39, 0.29) is 34.9 Å². The first-order valence-corrected chi connectivity index (χ1v) is 16.5. The van der Waals surface area contributed by atoms with Crippen molar-refractivity contribution in [3.63, 3.8) is 0 Å². The number of rotatable bonds is 13. The highest BCUT2D eigenvalue weighted by Crippen LogP contribution is 2.32. The van der Waals surface area contributed by atoms with Gasteiger partial charge in [-0.1, -0.05) is 66.7 Å². The van der Waals surface area contributed by atoms with Gasteiger partial charge in [0, 0.05) is 30.1 Å². The zero-order valence-electron chi connectivity index (χ0n) is 27.1. The number of anilines is 1. The fourth-order valence-corrected chi connectivity index (χ4v) is 6.47. The fourth-order valence-electron chi connectivity index (χ4n) is 5.04. The minimum atomic E-state index is -4.38. The van der Waals surface area contributed by atoms with E-state index in [9.17, 15) is 18.0 Å². The maximum atomic E-state index is 15.1. The van der Waals surface area contributed by atoms with Gasteiger partial charge in [-0.05, 0) is 56.7 Å². The number of ether oxygens (including phenoxy) is 2. The highest BCUT2D eigenvalue weighted by Gasteiger charge is 2.36. The third-order valence-corrected chi connectivity index (χ3v) is 9.10. The number of sulfonamides is 1. The topological polar surface area (TPSA) is 105 Å². The molecule has 0 saturated carbocycles. The summed E-state index contributed by atoms with van der Waals surface area (Å²) in [4.78, 5) is 29.6. The van der Waals surface area contributed by atoms with Gasteiger partial charge in [-0.2, -0.15) is 0 Å². The maximum Gasteiger partial charge on any atom is 0.264 e. The molecule has 0 aromatic heterocycles. The zero-order valence-corrected chi connectivity index (χ0v) is 28.0. The maximum absolute atomic E-state index is 15.1. The van der Waals surface area contributed by atoms with Crippen molar-refractivity contribution in [2.45, 2.75) is 50.2 Å². The van der Waals surface area contributed by atoms with E-state index in [4.69, 9.17) is 9.47 Å². The summed E-state index contributed by atoms with van der Waals surface area (Å²) in [5.74, 6) is -1.20. The zero-order chi connectivity index (χ0) is 34.2. The van der Waals surface area contributed by atoms with Gasteiger partial charge < -0.3 is 19.7 Å². The lowest BCUT2D eigenvalue weighted by molar-refractivity contribution is -0.140. The Kier molecular flexibility index (Phi) is 11.3. The number of hydrogen-bond donors (Lipinski definition) is 1. The average Bonchev–Trinajstić information content (AvgIpc) is 3.05. The third-order valence-electron chi connectivity index (χ3n) is 7.33. The van der Waals surface area contributed by atoms with Gasteiger partial charge in [0.25, 0.3) is 10.0 Å². The van der Waals surface area contributed by atoms with Crippen LogP contribution in [0.2, 0.25) is 0 Å². The second-order valence-electron chi connectivity index (χ2n) is 11.9. The summed E-state index contributed by atoms with van der Waals surface area (Å²) >= 11 is 0. The summed E-state index contributed by atoms with van der Waals surface area (Å²) in [6.07, 6.45) is 0.108. The number of benzene rings is 4. The van der Waals surface area contributed by atoms with Crippen LogP contribution in [0.4, 0.5) is 10.1 Å². The molecule has 2 amide bonds. The number of para-hydroxylation sites is 1. The number of amides is 2. The Labute approximate surface area is 276 Å². The molecule has 0 bridgehead atoms. The number of carbonyl (C=O) groups is 2. The van der Waals surface area contributed by atoms with Crippen molar-refractivity contribution in [2.24, 2.45) is 0 Å². The molecule has 0 fully saturated rings. The van der Waals surface area contributed by atoms with E-state index < -0.39 is 45.8 Å². The molecule has 0 spiro atoms. The highest BCUT2D eigenvalue weighted by atomic mass is 32.2. The van der Waals surface area contributed by atoms with Crippen LogP contribution in [0, 0.1) is 5.82 Å². The smallest absolute Gasteiger partial charge is 0.264 e. The van der Waals surface area contributed by atoms with Gasteiger partial charge in [0.05, 0.1) is 24.8 Å². The van der Waals surface area contributed by atoms with E-state index in [1.807, 2.05) is 51.1 Å². The Hall–Kier alpha value is -4.90. The van der Waals surface area contributed by atoms with E-state index in [1.165, 1.54) is 55.5 Å². The molecule has 0 aliphatic heterocycles. The lowest BCUT2D eigenvalue weighted by Crippen LogP contribution is -2.56. The summed E-state index contributed by atoms with van der Waals surface area (Å²) in [5, 5.41) is 2.96. The van der Waals surface area contributed by atoms with Crippen LogP contribution in [0.25, 0.3) is 0 Å². The highest BCUT2D eigenvalue weighted by molar-refractivity contribution is 7.92. The molecule has 0 aliphatic carbocycles. The minimum absolute atomic E-state index is 0.108. The predicted octanol–water partition coefficient (Wildman–Crippen LogP) is 5.59. The largest absolute Gasteiger partial charge is 0.493 e. The molecular formula is C36H40FN3O6S. The molecule has 0 aliphatic rings. The van der Waals surface area contributed by atoms with Crippen LogP contribution in [0.15, 0.2) is 108 Å². The molecule has 4 aromatic rings. The number of carbonyl (C=O) groups excluding carboxylic acids is 2. The number of methoxy groups -OCH3 is 2. The Balaban J connectivity index is 1.83. The first-order chi connectivity index (χ1) is 22.3. The van der Waals surface area contributed by atoms with Crippen LogP contribution in [0.5, 0.6) is 11.5 Å². The number of nitrogens with one attached hydrogen (secondary N) is 1. The molecule has 0 saturated heterocycles. The lowest BCUT2D eigenvalue weighted by atomic mass is 10.0. The number of hydrogen-bond acceptors (Lipinski definition) is 6. The van der Waals surface area contributed by atoms with Crippen LogP contribution in [-0.2, 0) is 32.6 Å². The standard InChI is InChI=1S/C36H40FN3O6S/c1-36(2,3)38-35(42)31(22-26-14-8-6-9-15-26)39(24-27-16-12-13-19-30(27)37)34(41)25-40(28-17-10-7-11-18-28)47(43,44)29-20-21-32(45-4)33(23-29)46-5/h6-21,23,31H,22,24-25H2,1-5H3,(H,38,42). The van der Waals surface area contributed by atoms with Crippen LogP contribution in [0.1, 0.15) is 31.9 Å². The first kappa shape index (κ1) is 35.0. The molecule has 1 atom stereocenters. The molecule has 9 nitrogen and oxygen atoms in total. The van der Waals surface area contributed by atoms with E-state index in [0.717, 1.165) is 9.87 Å². The molecule has 248 valence electrons. The van der Waals surface area contributed by atoms with Crippen molar-refractivity contribution in [3.8, 4) is 11.5 Å². The van der Waals surface area contributed by atoms with E-state index in [2.05, 4.69) is 5.32 Å². The van der Waals surface area contributed by atoms with Crippen molar-refractivity contribution in [3.05, 3.63) is 120 Å². The van der Waals surface area contributed by atoms with Gasteiger partial charge in [-0.15, -0.1) is 0 Å². The number of halogens is 1. The summed E-state index contributed by atoms with van der Waals surface area (Å²) in [5.41, 5.74) is 0.522. The van der Waals surface area contributed by atoms with Crippen LogP contribution >= 0.6 is 0 Å². The van der Waals surface area contributed by atoms with E-state index >= 15 is 4.39 Å². The van der Waals surface area contributed by atoms with Crippen LogP contribution in [0.3, 0.4) is 0 Å². The van der Waals surface area contributed by atoms with Gasteiger partial charge in [-0.3, -0.25) is 13.9 Å². The van der Waals surface area contributed by atoms with Crippen molar-refractivity contribution < 1.29 is 31.9 Å². The average molecular weight is 662 g/mol. The lowest BCUT2D eigenvalue weighted by Gasteiger charge is -2.35. The molecule has 1 unspecified atom stereocenters. The molecule has 0 radical (unpaired) electrons. The molecule has 4 rings (SSSR count). The fraction of sp³-hybridized carbons (Fsp3) is 0.278. The van der Waals surface area contributed by atoms with E-state index in [0.29, 0.717) is 5.75 Å². The number of nitrogens with zero attached hydrogens (tertiary/aromatic N) is 2. The summed E-state index contributed by atoms with van der Waals surface area (Å²) in [7, 11) is -1.55. The summed E-state index contributed by atoms with van der Waals surface area (Å²) in [6.45, 7) is 4.50. The molecule has 0 heterocycles. The van der Waals surface area contributed by atoms with Gasteiger partial charge in [0.15, 0.2) is 11.5 Å². The Morgan fingerprint density at radius 1 is 0.830 bits per heavy atom. The Morgan fingerprint density at radius 3 is 2.02 bits per heavy atom. The molecular weight excluding hydrogens is 621 g/mol. The Bertz CT molecular complexity index is 1780. The quantitative estimate of drug-likeness (QED) is 0.200. The van der Waals surface area contributed by atoms with Gasteiger partial charge in [0.1, 0.15) is 18.4 Å². The summed E-state index contributed by atoms with van der Waals surface area (Å²) < 4.78 is 55.2. The second kappa shape index (κ2) is 15.1. The summed E-state index contributed by atoms with van der Waals surface area (Å²) in [6, 6.07) is 26.4. The minimum Gasteiger partial charge on any atom is -0.493 e. The SMILES string of the molecule is COc1ccc(S(=O)(=O)N(CC(=O)N(Cc2ccccc2F)C(Cc2ccccc2)C(=O)NC(C)(C)C)c2ccccc2)cc1OC. The molecule has 47 heavy (non-hydrogen) atoms. The van der Waals surface area contributed by atoms with E-state index in [1.54, 1.807) is 36.4 Å². The van der Waals surface area contributed by atoms with Crippen molar-refractivity contribution in [1.82, 2.24) is 10.2 Å². The van der Waals surface area contributed by atoms with Gasteiger partial charge in [-0.25, -0.2) is 12.8 Å². The van der Waals surface area contributed by atoms with Crippen LogP contribution < -0.4 is 19.1 Å². The predicted molar refractivity (Wildman–Crippen MR) is 179 cm³/mol. The molecule has 11 heteroatoms. The third kappa shape index (κ3) is 8.88. The Morgan fingerprint density at radius 2 is 1.43 bits per heavy atom. The first-order valence-electron chi connectivity index (χ1n) is 15.0. The molecule has 4 aromatic carbocycles. The van der Waals surface area contributed by atoms with Crippen molar-refractivity contribution >= 4 is 27.5 Å². The van der Waals surface area contributed by atoms with Gasteiger partial charge in [0.2, 0.25) is 11.8 Å². The van der Waals surface area contributed by atoms with Crippen molar-refractivity contribution in [2.75, 3.05) is 25.1 Å². The second-order valence-corrected chi connectivity index (χ2v) is 13.8. The van der Waals surface area contributed by atoms with Crippen molar-refractivity contribution in [1.29, 1.82) is 0 Å². The monoisotopic (exact) mass is 661 g/mol.